The molecule has 1 aliphatic rings. The number of rotatable bonds is 9. The number of nitriles is 1. The van der Waals surface area contributed by atoms with Crippen molar-refractivity contribution in [3.8, 4) is 17.5 Å². The summed E-state index contributed by atoms with van der Waals surface area (Å²) in [5, 5.41) is 32.2. The zero-order chi connectivity index (χ0) is 28.3. The predicted octanol–water partition coefficient (Wildman–Crippen LogP) is 2.57. The van der Waals surface area contributed by atoms with Gasteiger partial charge >= 0.3 is 6.03 Å². The molecule has 3 amide bonds. The van der Waals surface area contributed by atoms with E-state index in [0.29, 0.717) is 35.1 Å². The summed E-state index contributed by atoms with van der Waals surface area (Å²) in [6.45, 7) is 2.90. The van der Waals surface area contributed by atoms with Crippen LogP contribution in [0.15, 0.2) is 36.7 Å². The van der Waals surface area contributed by atoms with Crippen molar-refractivity contribution in [3.05, 3.63) is 47.8 Å². The maximum Gasteiger partial charge on any atom is 0.316 e. The molecule has 12 heteroatoms. The standard InChI is InChI=1S/C27H33FN8O3/c1-27(2,39)24(28)15-31-25(37)20-14-30-22(23-6-5-19-9-17(11-29)13-33-36(19)23)10-21(20)34-18-7-16(8-18)12-32-26(38)35(3)4/h5-6,9-10,13-14,16,18,24,39H,7-8,12,15H2,1-4H3,(H,30,34)(H,31,37)(H,32,38)/t16-,18-,24-/m1/s1. The molecular weight excluding hydrogens is 503 g/mol. The Labute approximate surface area is 226 Å². The summed E-state index contributed by atoms with van der Waals surface area (Å²) < 4.78 is 15.9. The molecule has 0 unspecified atom stereocenters. The van der Waals surface area contributed by atoms with Crippen molar-refractivity contribution >= 4 is 23.1 Å². The molecule has 206 valence electrons. The molecule has 0 saturated heterocycles. The molecule has 4 rings (SSSR count). The number of urea groups is 1. The topological polar surface area (TPSA) is 148 Å². The zero-order valence-corrected chi connectivity index (χ0v) is 22.4. The normalized spacial score (nSPS) is 17.6. The Morgan fingerprint density at radius 2 is 2.00 bits per heavy atom. The van der Waals surface area contributed by atoms with Crippen LogP contribution in [0.3, 0.4) is 0 Å². The summed E-state index contributed by atoms with van der Waals surface area (Å²) in [6.07, 6.45) is 2.85. The molecule has 11 nitrogen and oxygen atoms in total. The summed E-state index contributed by atoms with van der Waals surface area (Å²) in [6, 6.07) is 9.13. The van der Waals surface area contributed by atoms with Crippen molar-refractivity contribution in [3.63, 3.8) is 0 Å². The van der Waals surface area contributed by atoms with Gasteiger partial charge in [-0.3, -0.25) is 9.78 Å². The Morgan fingerprint density at radius 3 is 2.67 bits per heavy atom. The average molecular weight is 537 g/mol. The van der Waals surface area contributed by atoms with E-state index in [2.05, 4.69) is 32.1 Å². The maximum atomic E-state index is 14.3. The lowest BCUT2D eigenvalue weighted by Crippen LogP contribution is -2.44. The summed E-state index contributed by atoms with van der Waals surface area (Å²) in [7, 11) is 3.37. The number of hydrogen-bond donors (Lipinski definition) is 4. The molecule has 3 aromatic rings. The van der Waals surface area contributed by atoms with Gasteiger partial charge in [-0.05, 0) is 56.9 Å². The SMILES string of the molecule is CN(C)C(=O)NC[C@H]1C[C@H](Nc2cc(-c3ccc4cc(C#N)cnn34)ncc2C(=O)NC[C@@H](F)C(C)(C)O)C1. The van der Waals surface area contributed by atoms with Crippen molar-refractivity contribution in [1.29, 1.82) is 5.26 Å². The first-order valence-corrected chi connectivity index (χ1v) is 12.7. The van der Waals surface area contributed by atoms with Gasteiger partial charge in [0.1, 0.15) is 12.2 Å². The van der Waals surface area contributed by atoms with E-state index in [1.165, 1.54) is 31.1 Å². The fourth-order valence-electron chi connectivity index (χ4n) is 4.31. The Bertz CT molecular complexity index is 1400. The number of anilines is 1. The molecule has 4 N–H and O–H groups in total. The van der Waals surface area contributed by atoms with Gasteiger partial charge in [-0.1, -0.05) is 0 Å². The molecule has 1 aliphatic carbocycles. The second-order valence-corrected chi connectivity index (χ2v) is 10.6. The number of aliphatic hydroxyl groups is 1. The van der Waals surface area contributed by atoms with E-state index in [0.717, 1.165) is 18.4 Å². The van der Waals surface area contributed by atoms with Crippen LogP contribution in [0.1, 0.15) is 42.6 Å². The minimum Gasteiger partial charge on any atom is -0.387 e. The summed E-state index contributed by atoms with van der Waals surface area (Å²) in [4.78, 5) is 30.8. The van der Waals surface area contributed by atoms with Crippen LogP contribution in [0.25, 0.3) is 16.9 Å². The third-order valence-electron chi connectivity index (χ3n) is 6.79. The molecular formula is C27H33FN8O3. The zero-order valence-electron chi connectivity index (χ0n) is 22.4. The minimum absolute atomic E-state index is 0.0683. The number of hydrogen-bond acceptors (Lipinski definition) is 7. The number of alkyl halides is 1. The van der Waals surface area contributed by atoms with Crippen molar-refractivity contribution in [2.75, 3.05) is 32.5 Å². The van der Waals surface area contributed by atoms with E-state index in [1.807, 2.05) is 12.1 Å². The van der Waals surface area contributed by atoms with Crippen molar-refractivity contribution in [2.45, 2.75) is 44.5 Å². The van der Waals surface area contributed by atoms with Gasteiger partial charge in [-0.25, -0.2) is 13.7 Å². The Kier molecular flexibility index (Phi) is 8.01. The van der Waals surface area contributed by atoms with Crippen LogP contribution in [-0.2, 0) is 0 Å². The summed E-state index contributed by atoms with van der Waals surface area (Å²) in [5.41, 5.74) is 1.58. The lowest BCUT2D eigenvalue weighted by atomic mass is 9.80. The predicted molar refractivity (Wildman–Crippen MR) is 144 cm³/mol. The molecule has 0 bridgehead atoms. The Balaban J connectivity index is 1.55. The van der Waals surface area contributed by atoms with E-state index in [9.17, 15) is 19.1 Å². The fourth-order valence-corrected chi connectivity index (χ4v) is 4.31. The third kappa shape index (κ3) is 6.43. The summed E-state index contributed by atoms with van der Waals surface area (Å²) >= 11 is 0. The number of nitrogens with zero attached hydrogens (tertiary/aromatic N) is 5. The molecule has 1 fully saturated rings. The number of carbonyl (C=O) groups excluding carboxylic acids is 2. The molecule has 0 spiro atoms. The van der Waals surface area contributed by atoms with Crippen LogP contribution in [-0.4, -0.2) is 81.5 Å². The second kappa shape index (κ2) is 11.2. The van der Waals surface area contributed by atoms with Gasteiger partial charge in [0.2, 0.25) is 0 Å². The highest BCUT2D eigenvalue weighted by Gasteiger charge is 2.31. The number of pyridine rings is 1. The Morgan fingerprint density at radius 1 is 1.26 bits per heavy atom. The highest BCUT2D eigenvalue weighted by molar-refractivity contribution is 6.00. The van der Waals surface area contributed by atoms with Gasteiger partial charge in [-0.2, -0.15) is 10.4 Å². The molecule has 0 aliphatic heterocycles. The molecule has 1 saturated carbocycles. The largest absolute Gasteiger partial charge is 0.387 e. The highest BCUT2D eigenvalue weighted by Crippen LogP contribution is 2.32. The first kappa shape index (κ1) is 27.8. The highest BCUT2D eigenvalue weighted by atomic mass is 19.1. The van der Waals surface area contributed by atoms with Crippen LogP contribution in [0.4, 0.5) is 14.9 Å². The Hall–Kier alpha value is -4.24. The molecule has 0 aromatic carbocycles. The van der Waals surface area contributed by atoms with Crippen molar-refractivity contribution < 1.29 is 19.1 Å². The molecule has 0 radical (unpaired) electrons. The lowest BCUT2D eigenvalue weighted by Gasteiger charge is -2.37. The van der Waals surface area contributed by atoms with Gasteiger partial charge in [-0.15, -0.1) is 0 Å². The van der Waals surface area contributed by atoms with E-state index in [-0.39, 0.29) is 24.2 Å². The average Bonchev–Trinajstić information content (AvgIpc) is 3.30. The van der Waals surface area contributed by atoms with Gasteiger partial charge in [0.15, 0.2) is 0 Å². The first-order valence-electron chi connectivity index (χ1n) is 12.7. The smallest absolute Gasteiger partial charge is 0.316 e. The number of amides is 3. The lowest BCUT2D eigenvalue weighted by molar-refractivity contribution is -0.00177. The monoisotopic (exact) mass is 536 g/mol. The second-order valence-electron chi connectivity index (χ2n) is 10.6. The minimum atomic E-state index is -1.65. The number of aromatic nitrogens is 3. The third-order valence-corrected chi connectivity index (χ3v) is 6.79. The van der Waals surface area contributed by atoms with Crippen molar-refractivity contribution in [1.82, 2.24) is 30.1 Å². The fraction of sp³-hybridized carbons (Fsp3) is 0.444. The van der Waals surface area contributed by atoms with Crippen LogP contribution in [0, 0.1) is 17.2 Å². The van der Waals surface area contributed by atoms with E-state index < -0.39 is 17.7 Å². The number of nitrogens with one attached hydrogen (secondary N) is 3. The van der Waals surface area contributed by atoms with Crippen molar-refractivity contribution in [2.24, 2.45) is 5.92 Å². The van der Waals surface area contributed by atoms with E-state index in [1.54, 1.807) is 30.7 Å². The maximum absolute atomic E-state index is 14.3. The van der Waals surface area contributed by atoms with E-state index >= 15 is 0 Å². The van der Waals surface area contributed by atoms with Crippen LogP contribution in [0.5, 0.6) is 0 Å². The van der Waals surface area contributed by atoms with E-state index in [4.69, 9.17) is 5.26 Å². The van der Waals surface area contributed by atoms with Crippen LogP contribution >= 0.6 is 0 Å². The quantitative estimate of drug-likeness (QED) is 0.329. The van der Waals surface area contributed by atoms with Gasteiger partial charge in [0.25, 0.3) is 5.91 Å². The number of carbonyl (C=O) groups is 2. The van der Waals surface area contributed by atoms with Gasteiger partial charge in [0.05, 0.1) is 52.1 Å². The first-order chi connectivity index (χ1) is 18.5. The van der Waals surface area contributed by atoms with Gasteiger partial charge in [0, 0.05) is 32.9 Å². The van der Waals surface area contributed by atoms with Gasteiger partial charge < -0.3 is 26.0 Å². The number of fused-ring (bicyclic) bond motifs is 1. The molecule has 1 atom stereocenters. The molecule has 3 aromatic heterocycles. The molecule has 3 heterocycles. The molecule has 39 heavy (non-hydrogen) atoms. The van der Waals surface area contributed by atoms with Crippen LogP contribution in [0.2, 0.25) is 0 Å². The summed E-state index contributed by atoms with van der Waals surface area (Å²) in [5.74, 6) is -0.216. The number of halogens is 1. The van der Waals surface area contributed by atoms with Crippen LogP contribution < -0.4 is 16.0 Å².